The van der Waals surface area contributed by atoms with Crippen LogP contribution in [0.2, 0.25) is 0 Å². The molecule has 4 heterocycles. The predicted molar refractivity (Wildman–Crippen MR) is 128 cm³/mol. The normalized spacial score (nSPS) is 18.0. The zero-order chi connectivity index (χ0) is 22.6. The number of aromatic nitrogens is 3. The van der Waals surface area contributed by atoms with Crippen LogP contribution in [0.25, 0.3) is 10.8 Å². The molecule has 0 aliphatic carbocycles. The lowest BCUT2D eigenvalue weighted by molar-refractivity contribution is -0.133. The Kier molecular flexibility index (Phi) is 6.48. The number of piperidine rings is 2. The fourth-order valence-electron chi connectivity index (χ4n) is 5.23. The fraction of sp³-hybridized carbons (Fsp3) is 0.462. The molecule has 0 radical (unpaired) electrons. The van der Waals surface area contributed by atoms with Crippen molar-refractivity contribution in [2.24, 2.45) is 0 Å². The van der Waals surface area contributed by atoms with Gasteiger partial charge in [0.1, 0.15) is 6.54 Å². The van der Waals surface area contributed by atoms with Crippen LogP contribution in [0.1, 0.15) is 43.4 Å². The largest absolute Gasteiger partial charge is 0.341 e. The lowest BCUT2D eigenvalue weighted by atomic mass is 10.00. The Balaban J connectivity index is 1.33. The Morgan fingerprint density at radius 2 is 1.61 bits per heavy atom. The molecule has 0 atom stereocenters. The van der Waals surface area contributed by atoms with Crippen LogP contribution in [0, 0.1) is 0 Å². The molecule has 7 nitrogen and oxygen atoms in total. The number of amides is 1. The number of fused-ring (bicyclic) bond motifs is 1. The van der Waals surface area contributed by atoms with Gasteiger partial charge in [-0.2, -0.15) is 5.10 Å². The van der Waals surface area contributed by atoms with Crippen LogP contribution in [0.3, 0.4) is 0 Å². The smallest absolute Gasteiger partial charge is 0.275 e. The first-order chi connectivity index (χ1) is 16.2. The SMILES string of the molecule is O=C(Cn1nc(Cc2ccncc2)c2ccccc2c1=O)N1CCC(N2CCCCC2)CC1. The molecule has 0 unspecified atom stereocenters. The third kappa shape index (κ3) is 4.83. The van der Waals surface area contributed by atoms with Gasteiger partial charge in [-0.25, -0.2) is 4.68 Å². The first-order valence-corrected chi connectivity index (χ1v) is 12.1. The first kappa shape index (κ1) is 21.8. The predicted octanol–water partition coefficient (Wildman–Crippen LogP) is 2.86. The van der Waals surface area contributed by atoms with E-state index in [0.29, 0.717) is 17.8 Å². The van der Waals surface area contributed by atoms with E-state index < -0.39 is 0 Å². The zero-order valence-corrected chi connectivity index (χ0v) is 19.0. The van der Waals surface area contributed by atoms with E-state index in [0.717, 1.165) is 42.6 Å². The van der Waals surface area contributed by atoms with Gasteiger partial charge in [0.15, 0.2) is 0 Å². The standard InChI is InChI=1S/C26H31N5O2/c32-25(30-16-10-21(11-17-30)29-14-4-1-5-15-29)19-31-26(33)23-7-3-2-6-22(23)24(28-31)18-20-8-12-27-13-9-20/h2-3,6-9,12-13,21H,1,4-5,10-11,14-19H2. The molecule has 5 rings (SSSR count). The second-order valence-electron chi connectivity index (χ2n) is 9.20. The van der Waals surface area contributed by atoms with E-state index in [9.17, 15) is 9.59 Å². The summed E-state index contributed by atoms with van der Waals surface area (Å²) in [6.07, 6.45) is 10.0. The minimum absolute atomic E-state index is 0.0125. The summed E-state index contributed by atoms with van der Waals surface area (Å²) in [5, 5.41) is 6.09. The molecular weight excluding hydrogens is 414 g/mol. The lowest BCUT2D eigenvalue weighted by Crippen LogP contribution is -2.49. The van der Waals surface area contributed by atoms with Crippen molar-refractivity contribution in [2.45, 2.75) is 51.1 Å². The fourth-order valence-corrected chi connectivity index (χ4v) is 5.23. The molecule has 2 aromatic heterocycles. The van der Waals surface area contributed by atoms with Crippen LogP contribution < -0.4 is 5.56 Å². The molecule has 2 fully saturated rings. The van der Waals surface area contributed by atoms with E-state index in [1.165, 1.54) is 37.0 Å². The molecule has 3 aromatic rings. The van der Waals surface area contributed by atoms with Gasteiger partial charge in [0, 0.05) is 43.3 Å². The van der Waals surface area contributed by atoms with Crippen molar-refractivity contribution in [1.29, 1.82) is 0 Å². The number of carbonyl (C=O) groups is 1. The van der Waals surface area contributed by atoms with Crippen molar-refractivity contribution in [2.75, 3.05) is 26.2 Å². The van der Waals surface area contributed by atoms with Crippen LogP contribution in [0.4, 0.5) is 0 Å². The molecule has 2 saturated heterocycles. The van der Waals surface area contributed by atoms with Gasteiger partial charge >= 0.3 is 0 Å². The third-order valence-corrected chi connectivity index (χ3v) is 7.07. The highest BCUT2D eigenvalue weighted by Crippen LogP contribution is 2.21. The summed E-state index contributed by atoms with van der Waals surface area (Å²) in [6, 6.07) is 12.0. The van der Waals surface area contributed by atoms with E-state index in [2.05, 4.69) is 15.0 Å². The van der Waals surface area contributed by atoms with Crippen molar-refractivity contribution in [3.05, 3.63) is 70.4 Å². The summed E-state index contributed by atoms with van der Waals surface area (Å²) in [6.45, 7) is 3.88. The number of hydrogen-bond acceptors (Lipinski definition) is 5. The van der Waals surface area contributed by atoms with Gasteiger partial charge in [-0.15, -0.1) is 0 Å². The Bertz CT molecular complexity index is 1160. The average molecular weight is 446 g/mol. The third-order valence-electron chi connectivity index (χ3n) is 7.07. The molecular formula is C26H31N5O2. The van der Waals surface area contributed by atoms with Gasteiger partial charge in [-0.1, -0.05) is 24.6 Å². The highest BCUT2D eigenvalue weighted by Gasteiger charge is 2.28. The number of pyridine rings is 1. The summed E-state index contributed by atoms with van der Waals surface area (Å²) >= 11 is 0. The van der Waals surface area contributed by atoms with Gasteiger partial charge in [0.25, 0.3) is 5.56 Å². The lowest BCUT2D eigenvalue weighted by Gasteiger charge is -2.40. The molecule has 0 bridgehead atoms. The van der Waals surface area contributed by atoms with Crippen LogP contribution in [-0.2, 0) is 17.8 Å². The molecule has 2 aliphatic heterocycles. The summed E-state index contributed by atoms with van der Waals surface area (Å²) in [5.41, 5.74) is 1.66. The van der Waals surface area contributed by atoms with Crippen molar-refractivity contribution in [3.63, 3.8) is 0 Å². The second kappa shape index (κ2) is 9.83. The maximum Gasteiger partial charge on any atom is 0.275 e. The molecule has 33 heavy (non-hydrogen) atoms. The van der Waals surface area contributed by atoms with Crippen LogP contribution in [-0.4, -0.2) is 62.7 Å². The molecule has 0 N–H and O–H groups in total. The highest BCUT2D eigenvalue weighted by atomic mass is 16.2. The number of nitrogens with zero attached hydrogens (tertiary/aromatic N) is 5. The highest BCUT2D eigenvalue weighted by molar-refractivity contribution is 5.84. The number of carbonyl (C=O) groups excluding carboxylic acids is 1. The van der Waals surface area contributed by atoms with Gasteiger partial charge in [0.2, 0.25) is 5.91 Å². The Morgan fingerprint density at radius 1 is 0.909 bits per heavy atom. The summed E-state index contributed by atoms with van der Waals surface area (Å²) < 4.78 is 1.36. The van der Waals surface area contributed by atoms with Crippen LogP contribution in [0.15, 0.2) is 53.6 Å². The number of rotatable bonds is 5. The molecule has 0 spiro atoms. The quantitative estimate of drug-likeness (QED) is 0.604. The minimum atomic E-state index is -0.208. The molecule has 0 saturated carbocycles. The monoisotopic (exact) mass is 445 g/mol. The Labute approximate surface area is 194 Å². The summed E-state index contributed by atoms with van der Waals surface area (Å²) in [4.78, 5) is 34.8. The number of hydrogen-bond donors (Lipinski definition) is 0. The van der Waals surface area contributed by atoms with Gasteiger partial charge in [-0.3, -0.25) is 14.6 Å². The van der Waals surface area contributed by atoms with Gasteiger partial charge in [0.05, 0.1) is 11.1 Å². The Hall–Kier alpha value is -3.06. The molecule has 7 heteroatoms. The average Bonchev–Trinajstić information content (AvgIpc) is 2.88. The molecule has 172 valence electrons. The van der Waals surface area contributed by atoms with E-state index >= 15 is 0 Å². The van der Waals surface area contributed by atoms with Crippen LogP contribution >= 0.6 is 0 Å². The summed E-state index contributed by atoms with van der Waals surface area (Å²) in [7, 11) is 0. The first-order valence-electron chi connectivity index (χ1n) is 12.1. The number of benzene rings is 1. The molecule has 1 aromatic carbocycles. The van der Waals surface area contributed by atoms with E-state index in [1.54, 1.807) is 12.4 Å². The number of likely N-dealkylation sites (tertiary alicyclic amines) is 2. The maximum atomic E-state index is 13.1. The topological polar surface area (TPSA) is 71.3 Å². The van der Waals surface area contributed by atoms with Crippen molar-refractivity contribution >= 4 is 16.7 Å². The molecule has 1 amide bonds. The van der Waals surface area contributed by atoms with E-state index in [-0.39, 0.29) is 18.0 Å². The zero-order valence-electron chi connectivity index (χ0n) is 19.0. The Morgan fingerprint density at radius 3 is 2.33 bits per heavy atom. The van der Waals surface area contributed by atoms with E-state index in [4.69, 9.17) is 0 Å². The van der Waals surface area contributed by atoms with Crippen molar-refractivity contribution in [3.8, 4) is 0 Å². The van der Waals surface area contributed by atoms with Gasteiger partial charge in [-0.05, 0) is 62.5 Å². The minimum Gasteiger partial charge on any atom is -0.341 e. The van der Waals surface area contributed by atoms with E-state index in [1.807, 2.05) is 41.3 Å². The summed E-state index contributed by atoms with van der Waals surface area (Å²) in [5.74, 6) is -0.0214. The van der Waals surface area contributed by atoms with Crippen LogP contribution in [0.5, 0.6) is 0 Å². The van der Waals surface area contributed by atoms with Crippen molar-refractivity contribution in [1.82, 2.24) is 24.6 Å². The van der Waals surface area contributed by atoms with Crippen molar-refractivity contribution < 1.29 is 4.79 Å². The molecule has 2 aliphatic rings. The van der Waals surface area contributed by atoms with Gasteiger partial charge < -0.3 is 9.80 Å². The maximum absolute atomic E-state index is 13.1. The second-order valence-corrected chi connectivity index (χ2v) is 9.20.